The molecule has 2 aliphatic rings. The van der Waals surface area contributed by atoms with Crippen molar-refractivity contribution >= 4 is 22.9 Å². The molecule has 0 atom stereocenters. The number of nitrogens with two attached hydrogens (primary N) is 1. The number of hydrogen-bond donors (Lipinski definition) is 3. The average molecular weight is 450 g/mol. The first-order chi connectivity index (χ1) is 16.2. The van der Waals surface area contributed by atoms with Gasteiger partial charge in [0.15, 0.2) is 17.0 Å². The number of nitrogens with one attached hydrogen (secondary N) is 2. The smallest absolute Gasteiger partial charge is 0.227 e. The summed E-state index contributed by atoms with van der Waals surface area (Å²) in [6.07, 6.45) is 12.0. The van der Waals surface area contributed by atoms with E-state index in [4.69, 9.17) is 25.4 Å². The van der Waals surface area contributed by atoms with Crippen LogP contribution in [0.5, 0.6) is 5.75 Å². The van der Waals surface area contributed by atoms with E-state index in [1.54, 1.807) is 7.11 Å². The van der Waals surface area contributed by atoms with Crippen LogP contribution in [0.1, 0.15) is 63.0 Å². The SMILES string of the molecule is COc1cccc(CCNc2nc(N[C@H]3CC[C@H](N)CC3)nc3c2ncn3C2CCCC2)c1. The number of aromatic nitrogens is 4. The standard InChI is InChI=1S/C25H35N7O/c1-33-21-8-4-5-17(15-21)13-14-27-23-22-24(32(16-28-22)20-6-2-3-7-20)31-25(30-23)29-19-11-9-18(26)10-12-19/h4-5,8,15-16,18-20H,2-3,6-7,9-14,26H2,1H3,(H2,27,29,30,31)/t18-,19-. The van der Waals surface area contributed by atoms with Gasteiger partial charge in [0.2, 0.25) is 5.95 Å². The van der Waals surface area contributed by atoms with Crippen LogP contribution in [0.3, 0.4) is 0 Å². The minimum Gasteiger partial charge on any atom is -0.497 e. The van der Waals surface area contributed by atoms with Gasteiger partial charge in [-0.3, -0.25) is 0 Å². The van der Waals surface area contributed by atoms with E-state index in [2.05, 4.69) is 27.3 Å². The maximum absolute atomic E-state index is 6.10. The van der Waals surface area contributed by atoms with Gasteiger partial charge >= 0.3 is 0 Å². The Morgan fingerprint density at radius 1 is 1.09 bits per heavy atom. The van der Waals surface area contributed by atoms with Crippen molar-refractivity contribution in [2.75, 3.05) is 24.3 Å². The van der Waals surface area contributed by atoms with Crippen molar-refractivity contribution in [3.05, 3.63) is 36.2 Å². The lowest BCUT2D eigenvalue weighted by Gasteiger charge is -2.27. The normalized spacial score (nSPS) is 21.4. The molecule has 176 valence electrons. The molecule has 2 saturated carbocycles. The van der Waals surface area contributed by atoms with Crippen LogP contribution in [-0.2, 0) is 6.42 Å². The van der Waals surface area contributed by atoms with Crippen LogP contribution in [0.25, 0.3) is 11.2 Å². The highest BCUT2D eigenvalue weighted by molar-refractivity contribution is 5.84. The lowest BCUT2D eigenvalue weighted by atomic mass is 9.92. The third kappa shape index (κ3) is 5.05. The number of benzene rings is 1. The first-order valence-corrected chi connectivity index (χ1v) is 12.3. The summed E-state index contributed by atoms with van der Waals surface area (Å²) in [5.74, 6) is 2.37. The molecule has 2 heterocycles. The first kappa shape index (κ1) is 21.9. The highest BCUT2D eigenvalue weighted by Crippen LogP contribution is 2.33. The van der Waals surface area contributed by atoms with Crippen molar-refractivity contribution in [2.45, 2.75) is 75.9 Å². The van der Waals surface area contributed by atoms with Crippen LogP contribution in [0.15, 0.2) is 30.6 Å². The van der Waals surface area contributed by atoms with Crippen molar-refractivity contribution in [3.63, 3.8) is 0 Å². The molecule has 5 rings (SSSR count). The summed E-state index contributed by atoms with van der Waals surface area (Å²) < 4.78 is 7.62. The van der Waals surface area contributed by atoms with Gasteiger partial charge in [0.25, 0.3) is 0 Å². The van der Waals surface area contributed by atoms with Gasteiger partial charge in [0.05, 0.1) is 13.4 Å². The van der Waals surface area contributed by atoms with Gasteiger partial charge in [0, 0.05) is 24.7 Å². The molecule has 4 N–H and O–H groups in total. The second-order valence-corrected chi connectivity index (χ2v) is 9.44. The fourth-order valence-corrected chi connectivity index (χ4v) is 5.15. The Morgan fingerprint density at radius 3 is 2.70 bits per heavy atom. The molecule has 0 radical (unpaired) electrons. The van der Waals surface area contributed by atoms with Gasteiger partial charge in [-0.1, -0.05) is 25.0 Å². The molecule has 0 aliphatic heterocycles. The van der Waals surface area contributed by atoms with E-state index in [0.717, 1.165) is 61.4 Å². The number of hydrogen-bond acceptors (Lipinski definition) is 7. The zero-order chi connectivity index (χ0) is 22.6. The summed E-state index contributed by atoms with van der Waals surface area (Å²) in [5, 5.41) is 7.12. The highest BCUT2D eigenvalue weighted by atomic mass is 16.5. The molecule has 0 unspecified atom stereocenters. The van der Waals surface area contributed by atoms with Gasteiger partial charge in [-0.2, -0.15) is 9.97 Å². The Morgan fingerprint density at radius 2 is 1.91 bits per heavy atom. The largest absolute Gasteiger partial charge is 0.497 e. The lowest BCUT2D eigenvalue weighted by Crippen LogP contribution is -2.33. The number of nitrogens with zero attached hydrogens (tertiary/aromatic N) is 4. The summed E-state index contributed by atoms with van der Waals surface area (Å²) in [4.78, 5) is 14.5. The highest BCUT2D eigenvalue weighted by Gasteiger charge is 2.23. The van der Waals surface area contributed by atoms with Gasteiger partial charge in [-0.25, -0.2) is 4.98 Å². The van der Waals surface area contributed by atoms with Gasteiger partial charge in [-0.15, -0.1) is 0 Å². The van der Waals surface area contributed by atoms with Crippen molar-refractivity contribution < 1.29 is 4.74 Å². The first-order valence-electron chi connectivity index (χ1n) is 12.3. The van der Waals surface area contributed by atoms with Crippen LogP contribution in [0.4, 0.5) is 11.8 Å². The topological polar surface area (TPSA) is 103 Å². The Labute approximate surface area is 195 Å². The molecule has 0 saturated heterocycles. The van der Waals surface area contributed by atoms with Crippen molar-refractivity contribution in [1.29, 1.82) is 0 Å². The molecule has 1 aromatic carbocycles. The van der Waals surface area contributed by atoms with E-state index in [-0.39, 0.29) is 0 Å². The summed E-state index contributed by atoms with van der Waals surface area (Å²) in [7, 11) is 1.70. The number of fused-ring (bicyclic) bond motifs is 1. The molecular weight excluding hydrogens is 414 g/mol. The molecule has 0 bridgehead atoms. The van der Waals surface area contributed by atoms with E-state index in [0.29, 0.717) is 24.1 Å². The quantitative estimate of drug-likeness (QED) is 0.471. The Kier molecular flexibility index (Phi) is 6.62. The zero-order valence-corrected chi connectivity index (χ0v) is 19.5. The zero-order valence-electron chi connectivity index (χ0n) is 19.5. The maximum atomic E-state index is 6.10. The van der Waals surface area contributed by atoms with Crippen LogP contribution in [0, 0.1) is 0 Å². The number of methoxy groups -OCH3 is 1. The molecule has 8 heteroatoms. The second-order valence-electron chi connectivity index (χ2n) is 9.44. The lowest BCUT2D eigenvalue weighted by molar-refractivity contribution is 0.410. The van der Waals surface area contributed by atoms with E-state index in [1.165, 1.54) is 31.2 Å². The third-order valence-corrected chi connectivity index (χ3v) is 7.08. The summed E-state index contributed by atoms with van der Waals surface area (Å²) >= 11 is 0. The van der Waals surface area contributed by atoms with Gasteiger partial charge < -0.3 is 25.7 Å². The molecule has 0 spiro atoms. The Hall–Kier alpha value is -2.87. The summed E-state index contributed by atoms with van der Waals surface area (Å²) in [6, 6.07) is 9.37. The van der Waals surface area contributed by atoms with Crippen LogP contribution >= 0.6 is 0 Å². The number of imidazole rings is 1. The fraction of sp³-hybridized carbons (Fsp3) is 0.560. The van der Waals surface area contributed by atoms with E-state index < -0.39 is 0 Å². The monoisotopic (exact) mass is 449 g/mol. The minimum atomic E-state index is 0.323. The molecule has 0 amide bonds. The van der Waals surface area contributed by atoms with Gasteiger partial charge in [-0.05, 0) is 62.6 Å². The predicted octanol–water partition coefficient (Wildman–Crippen LogP) is 4.29. The molecule has 2 fully saturated rings. The second kappa shape index (κ2) is 9.95. The van der Waals surface area contributed by atoms with Crippen LogP contribution in [0.2, 0.25) is 0 Å². The van der Waals surface area contributed by atoms with E-state index in [9.17, 15) is 0 Å². The molecule has 8 nitrogen and oxygen atoms in total. The van der Waals surface area contributed by atoms with E-state index >= 15 is 0 Å². The fourth-order valence-electron chi connectivity index (χ4n) is 5.15. The number of ether oxygens (including phenoxy) is 1. The summed E-state index contributed by atoms with van der Waals surface area (Å²) in [6.45, 7) is 0.757. The molecule has 2 aromatic heterocycles. The molecule has 2 aliphatic carbocycles. The maximum Gasteiger partial charge on any atom is 0.227 e. The number of rotatable bonds is 8. The van der Waals surface area contributed by atoms with Crippen molar-refractivity contribution in [2.24, 2.45) is 5.73 Å². The third-order valence-electron chi connectivity index (χ3n) is 7.08. The average Bonchev–Trinajstić information content (AvgIpc) is 3.51. The molecule has 3 aromatic rings. The molecule has 33 heavy (non-hydrogen) atoms. The van der Waals surface area contributed by atoms with Crippen molar-refractivity contribution in [3.8, 4) is 5.75 Å². The Bertz CT molecular complexity index is 1070. The van der Waals surface area contributed by atoms with Crippen molar-refractivity contribution in [1.82, 2.24) is 19.5 Å². The minimum absolute atomic E-state index is 0.323. The van der Waals surface area contributed by atoms with Gasteiger partial charge in [0.1, 0.15) is 5.75 Å². The predicted molar refractivity (Wildman–Crippen MR) is 132 cm³/mol. The van der Waals surface area contributed by atoms with E-state index in [1.807, 2.05) is 18.5 Å². The van der Waals surface area contributed by atoms with Crippen LogP contribution in [-0.4, -0.2) is 45.3 Å². The number of anilines is 2. The molecular formula is C25H35N7O. The van der Waals surface area contributed by atoms with Crippen LogP contribution < -0.4 is 21.1 Å². The Balaban J connectivity index is 1.37. The summed E-state index contributed by atoms with van der Waals surface area (Å²) in [5.41, 5.74) is 9.10.